The summed E-state index contributed by atoms with van der Waals surface area (Å²) < 4.78 is 57.3. The van der Waals surface area contributed by atoms with Gasteiger partial charge in [0.25, 0.3) is 0 Å². The number of ether oxygens (including phenoxy) is 1. The van der Waals surface area contributed by atoms with Crippen molar-refractivity contribution in [1.29, 1.82) is 0 Å². The number of nitrogens with zero attached hydrogens (tertiary/aromatic N) is 1. The van der Waals surface area contributed by atoms with Gasteiger partial charge in [0.15, 0.2) is 0 Å². The van der Waals surface area contributed by atoms with Gasteiger partial charge in [-0.15, -0.1) is 0 Å². The van der Waals surface area contributed by atoms with E-state index in [1.165, 1.54) is 50.5 Å². The van der Waals surface area contributed by atoms with Crippen LogP contribution in [0.2, 0.25) is 0 Å². The average Bonchev–Trinajstić information content (AvgIpc) is 2.67. The van der Waals surface area contributed by atoms with Gasteiger partial charge in [0.2, 0.25) is 20.0 Å². The molecule has 0 fully saturated rings. The molecule has 2 rings (SSSR count). The van der Waals surface area contributed by atoms with E-state index in [2.05, 4.69) is 10.0 Å². The number of nitrogens with one attached hydrogen (secondary N) is 2. The van der Waals surface area contributed by atoms with E-state index in [-0.39, 0.29) is 22.9 Å². The Balaban J connectivity index is 2.03. The first kappa shape index (κ1) is 22.8. The summed E-state index contributed by atoms with van der Waals surface area (Å²) in [4.78, 5) is 11.5. The molecule has 0 aliphatic rings. The molecule has 0 unspecified atom stereocenters. The van der Waals surface area contributed by atoms with Crippen LogP contribution in [0.25, 0.3) is 0 Å². The van der Waals surface area contributed by atoms with E-state index in [0.29, 0.717) is 11.3 Å². The van der Waals surface area contributed by atoms with E-state index >= 15 is 0 Å². The second-order valence-corrected chi connectivity index (χ2v) is 10.0. The molecule has 0 saturated heterocycles. The van der Waals surface area contributed by atoms with Crippen molar-refractivity contribution >= 4 is 31.8 Å². The minimum absolute atomic E-state index is 0.00650. The van der Waals surface area contributed by atoms with Crippen LogP contribution in [0.4, 0.5) is 10.5 Å². The fourth-order valence-electron chi connectivity index (χ4n) is 2.25. The molecule has 9 nitrogen and oxygen atoms in total. The van der Waals surface area contributed by atoms with Crippen LogP contribution in [0.1, 0.15) is 12.5 Å². The molecule has 0 heterocycles. The smallest absolute Gasteiger partial charge is 0.411 e. The highest BCUT2D eigenvalue weighted by molar-refractivity contribution is 7.89. The van der Waals surface area contributed by atoms with Gasteiger partial charge in [-0.3, -0.25) is 5.32 Å². The number of hydrogen-bond donors (Lipinski definition) is 2. The Morgan fingerprint density at radius 2 is 1.48 bits per heavy atom. The summed E-state index contributed by atoms with van der Waals surface area (Å²) in [6, 6.07) is 11.6. The number of amides is 1. The average molecular weight is 442 g/mol. The van der Waals surface area contributed by atoms with Gasteiger partial charge in [-0.25, -0.2) is 30.7 Å². The van der Waals surface area contributed by atoms with Crippen molar-refractivity contribution in [1.82, 2.24) is 9.03 Å². The molecule has 0 radical (unpaired) electrons. The van der Waals surface area contributed by atoms with E-state index in [0.717, 1.165) is 4.31 Å². The zero-order chi connectivity index (χ0) is 21.7. The van der Waals surface area contributed by atoms with E-state index in [9.17, 15) is 21.6 Å². The topological polar surface area (TPSA) is 122 Å². The van der Waals surface area contributed by atoms with Crippen LogP contribution in [0, 0.1) is 0 Å². The molecule has 1 amide bonds. The number of hydrogen-bond acceptors (Lipinski definition) is 6. The third-order valence-electron chi connectivity index (χ3n) is 3.85. The fourth-order valence-corrected chi connectivity index (χ4v) is 4.17. The lowest BCUT2D eigenvalue weighted by Gasteiger charge is -2.12. The predicted molar refractivity (Wildman–Crippen MR) is 108 cm³/mol. The predicted octanol–water partition coefficient (Wildman–Crippen LogP) is 1.98. The third kappa shape index (κ3) is 6.00. The molecule has 0 atom stereocenters. The molecule has 29 heavy (non-hydrogen) atoms. The zero-order valence-corrected chi connectivity index (χ0v) is 17.9. The second kappa shape index (κ2) is 9.35. The first-order valence-electron chi connectivity index (χ1n) is 8.61. The maximum absolute atomic E-state index is 12.4. The SMILES string of the molecule is CCOC(=O)Nc1ccc(S(=O)(=O)NCc2ccc(S(=O)(=O)N(C)C)cc2)cc1. The highest BCUT2D eigenvalue weighted by Gasteiger charge is 2.17. The van der Waals surface area contributed by atoms with Gasteiger partial charge in [-0.1, -0.05) is 12.1 Å². The minimum atomic E-state index is -3.79. The molecule has 0 saturated carbocycles. The lowest BCUT2D eigenvalue weighted by molar-refractivity contribution is 0.168. The maximum Gasteiger partial charge on any atom is 0.411 e. The van der Waals surface area contributed by atoms with Crippen LogP contribution in [-0.4, -0.2) is 47.9 Å². The maximum atomic E-state index is 12.4. The summed E-state index contributed by atoms with van der Waals surface area (Å²) in [6.07, 6.45) is -0.624. The van der Waals surface area contributed by atoms with E-state index in [1.54, 1.807) is 19.1 Å². The van der Waals surface area contributed by atoms with Crippen molar-refractivity contribution in [3.05, 3.63) is 54.1 Å². The Kier molecular flexibility index (Phi) is 7.36. The van der Waals surface area contributed by atoms with Gasteiger partial charge >= 0.3 is 6.09 Å². The summed E-state index contributed by atoms with van der Waals surface area (Å²) in [5.74, 6) is 0. The van der Waals surface area contributed by atoms with Crippen molar-refractivity contribution in [3.8, 4) is 0 Å². The molecule has 0 aromatic heterocycles. The Morgan fingerprint density at radius 3 is 2.00 bits per heavy atom. The Hall–Kier alpha value is -2.47. The molecule has 0 aliphatic heterocycles. The van der Waals surface area contributed by atoms with Crippen LogP contribution < -0.4 is 10.0 Å². The number of carbonyl (C=O) groups excluding carboxylic acids is 1. The Labute approximate surface area is 170 Å². The van der Waals surface area contributed by atoms with Gasteiger partial charge in [0.1, 0.15) is 0 Å². The first-order valence-corrected chi connectivity index (χ1v) is 11.5. The molecule has 0 spiro atoms. The first-order chi connectivity index (χ1) is 13.6. The summed E-state index contributed by atoms with van der Waals surface area (Å²) in [6.45, 7) is 1.90. The summed E-state index contributed by atoms with van der Waals surface area (Å²) in [5, 5.41) is 2.48. The highest BCUT2D eigenvalue weighted by atomic mass is 32.2. The number of carbonyl (C=O) groups is 1. The second-order valence-electron chi connectivity index (χ2n) is 6.13. The summed E-state index contributed by atoms with van der Waals surface area (Å²) >= 11 is 0. The standard InChI is InChI=1S/C18H23N3O6S2/c1-4-27-18(22)20-15-7-11-16(12-8-15)28(23,24)19-13-14-5-9-17(10-6-14)29(25,26)21(2)3/h5-12,19H,4,13H2,1-3H3,(H,20,22). The van der Waals surface area contributed by atoms with Crippen LogP contribution in [0.5, 0.6) is 0 Å². The molecule has 0 bridgehead atoms. The fraction of sp³-hybridized carbons (Fsp3) is 0.278. The number of sulfonamides is 2. The van der Waals surface area contributed by atoms with Crippen molar-refractivity contribution in [2.75, 3.05) is 26.0 Å². The number of benzene rings is 2. The highest BCUT2D eigenvalue weighted by Crippen LogP contribution is 2.16. The monoisotopic (exact) mass is 441 g/mol. The molecule has 11 heteroatoms. The van der Waals surface area contributed by atoms with Crippen molar-refractivity contribution in [2.24, 2.45) is 0 Å². The summed E-state index contributed by atoms with van der Waals surface area (Å²) in [7, 11) is -4.46. The molecular formula is C18H23N3O6S2. The van der Waals surface area contributed by atoms with Gasteiger partial charge < -0.3 is 4.74 Å². The molecule has 0 aliphatic carbocycles. The largest absolute Gasteiger partial charge is 0.450 e. The van der Waals surface area contributed by atoms with E-state index in [1.807, 2.05) is 0 Å². The van der Waals surface area contributed by atoms with Crippen molar-refractivity contribution in [3.63, 3.8) is 0 Å². The van der Waals surface area contributed by atoms with E-state index < -0.39 is 26.1 Å². The van der Waals surface area contributed by atoms with Crippen molar-refractivity contribution in [2.45, 2.75) is 23.3 Å². The third-order valence-corrected chi connectivity index (χ3v) is 7.10. The lowest BCUT2D eigenvalue weighted by atomic mass is 10.2. The Bertz CT molecular complexity index is 1050. The van der Waals surface area contributed by atoms with Crippen LogP contribution >= 0.6 is 0 Å². The molecule has 158 valence electrons. The molecule has 2 aromatic carbocycles. The summed E-state index contributed by atoms with van der Waals surface area (Å²) in [5.41, 5.74) is 1.01. The number of rotatable bonds is 8. The van der Waals surface area contributed by atoms with Crippen LogP contribution in [0.3, 0.4) is 0 Å². The number of anilines is 1. The van der Waals surface area contributed by atoms with Gasteiger partial charge in [-0.05, 0) is 48.9 Å². The van der Waals surface area contributed by atoms with Crippen LogP contribution in [0.15, 0.2) is 58.3 Å². The zero-order valence-electron chi connectivity index (χ0n) is 16.2. The minimum Gasteiger partial charge on any atom is -0.450 e. The quantitative estimate of drug-likeness (QED) is 0.646. The molecule has 2 aromatic rings. The van der Waals surface area contributed by atoms with Gasteiger partial charge in [0.05, 0.1) is 16.4 Å². The molecule has 2 N–H and O–H groups in total. The normalized spacial score (nSPS) is 12.0. The van der Waals surface area contributed by atoms with Gasteiger partial charge in [0, 0.05) is 26.3 Å². The van der Waals surface area contributed by atoms with Crippen LogP contribution in [-0.2, 0) is 31.3 Å². The van der Waals surface area contributed by atoms with Crippen molar-refractivity contribution < 1.29 is 26.4 Å². The van der Waals surface area contributed by atoms with E-state index in [4.69, 9.17) is 4.74 Å². The molecular weight excluding hydrogens is 418 g/mol. The Morgan fingerprint density at radius 1 is 0.931 bits per heavy atom. The van der Waals surface area contributed by atoms with Gasteiger partial charge in [-0.2, -0.15) is 0 Å². The lowest BCUT2D eigenvalue weighted by Crippen LogP contribution is -2.24.